The first kappa shape index (κ1) is 23.6. The Morgan fingerprint density at radius 2 is 1.69 bits per heavy atom. The quantitative estimate of drug-likeness (QED) is 0.271. The average molecular weight is 522 g/mol. The third-order valence-electron chi connectivity index (χ3n) is 7.35. The van der Waals surface area contributed by atoms with Crippen LogP contribution in [0, 0.1) is 11.6 Å². The second-order valence-corrected chi connectivity index (χ2v) is 10.0. The molecule has 5 heterocycles. The number of piperidine rings is 1. The van der Waals surface area contributed by atoms with E-state index in [2.05, 4.69) is 36.1 Å². The molecule has 0 saturated carbocycles. The summed E-state index contributed by atoms with van der Waals surface area (Å²) in [7, 11) is 0. The van der Waals surface area contributed by atoms with Gasteiger partial charge in [-0.2, -0.15) is 5.10 Å². The minimum atomic E-state index is -0.420. The number of hydrogen-bond donors (Lipinski definition) is 2. The molecule has 1 aliphatic heterocycles. The van der Waals surface area contributed by atoms with Crippen molar-refractivity contribution in [2.24, 2.45) is 0 Å². The molecule has 2 N–H and O–H groups in total. The van der Waals surface area contributed by atoms with Gasteiger partial charge >= 0.3 is 0 Å². The van der Waals surface area contributed by atoms with Gasteiger partial charge in [-0.3, -0.25) is 20.0 Å². The number of rotatable bonds is 5. The van der Waals surface area contributed by atoms with Crippen molar-refractivity contribution in [1.29, 1.82) is 0 Å². The molecule has 7 rings (SSSR count). The molecular weight excluding hydrogens is 496 g/mol. The maximum absolute atomic E-state index is 15.3. The molecule has 2 aromatic carbocycles. The van der Waals surface area contributed by atoms with Crippen LogP contribution < -0.4 is 0 Å². The van der Waals surface area contributed by atoms with Crippen molar-refractivity contribution in [3.63, 3.8) is 0 Å². The van der Waals surface area contributed by atoms with E-state index in [1.54, 1.807) is 24.5 Å². The number of halogens is 2. The zero-order valence-electron chi connectivity index (χ0n) is 21.1. The third kappa shape index (κ3) is 4.44. The summed E-state index contributed by atoms with van der Waals surface area (Å²) >= 11 is 0. The highest BCUT2D eigenvalue weighted by atomic mass is 19.1. The molecule has 0 radical (unpaired) electrons. The number of pyridine rings is 2. The van der Waals surface area contributed by atoms with Gasteiger partial charge in [0.25, 0.3) is 0 Å². The van der Waals surface area contributed by atoms with Crippen molar-refractivity contribution in [3.8, 4) is 33.9 Å². The van der Waals surface area contributed by atoms with Crippen LogP contribution in [0.3, 0.4) is 0 Å². The summed E-state index contributed by atoms with van der Waals surface area (Å²) in [5.74, 6) is -0.226. The van der Waals surface area contributed by atoms with Crippen molar-refractivity contribution >= 4 is 21.9 Å². The number of nitrogens with zero attached hydrogens (tertiary/aromatic N) is 5. The largest absolute Gasteiger partial charge is 0.337 e. The lowest BCUT2D eigenvalue weighted by Gasteiger charge is -2.26. The van der Waals surface area contributed by atoms with Crippen LogP contribution in [0.4, 0.5) is 8.78 Å². The first-order valence-electron chi connectivity index (χ1n) is 13.1. The lowest BCUT2D eigenvalue weighted by atomic mass is 10.0. The first-order chi connectivity index (χ1) is 19.1. The van der Waals surface area contributed by atoms with Crippen LogP contribution in [0.25, 0.3) is 55.8 Å². The molecule has 1 aliphatic rings. The van der Waals surface area contributed by atoms with Crippen LogP contribution in [-0.2, 0) is 6.54 Å². The van der Waals surface area contributed by atoms with E-state index in [4.69, 9.17) is 4.98 Å². The van der Waals surface area contributed by atoms with Crippen molar-refractivity contribution < 1.29 is 8.78 Å². The molecule has 7 nitrogen and oxygen atoms in total. The molecule has 0 bridgehead atoms. The number of benzene rings is 2. The van der Waals surface area contributed by atoms with E-state index < -0.39 is 5.82 Å². The maximum atomic E-state index is 15.3. The molecule has 0 spiro atoms. The van der Waals surface area contributed by atoms with Gasteiger partial charge in [-0.05, 0) is 85.6 Å². The summed E-state index contributed by atoms with van der Waals surface area (Å²) < 4.78 is 28.8. The molecule has 0 atom stereocenters. The van der Waals surface area contributed by atoms with Crippen molar-refractivity contribution in [1.82, 2.24) is 35.0 Å². The Hall–Kier alpha value is -4.50. The molecule has 9 heteroatoms. The van der Waals surface area contributed by atoms with Crippen molar-refractivity contribution in [3.05, 3.63) is 84.3 Å². The molecule has 1 fully saturated rings. The van der Waals surface area contributed by atoms with Crippen LogP contribution >= 0.6 is 0 Å². The summed E-state index contributed by atoms with van der Waals surface area (Å²) in [6.45, 7) is 3.03. The topological polar surface area (TPSA) is 86.4 Å². The van der Waals surface area contributed by atoms with Gasteiger partial charge < -0.3 is 4.98 Å². The minimum Gasteiger partial charge on any atom is -0.337 e. The predicted octanol–water partition coefficient (Wildman–Crippen LogP) is 6.49. The van der Waals surface area contributed by atoms with Crippen LogP contribution in [0.2, 0.25) is 0 Å². The molecule has 0 aliphatic carbocycles. The zero-order chi connectivity index (χ0) is 26.3. The van der Waals surface area contributed by atoms with E-state index >= 15 is 4.39 Å². The second kappa shape index (κ2) is 9.67. The number of aromatic amines is 2. The Morgan fingerprint density at radius 1 is 0.846 bits per heavy atom. The molecule has 0 unspecified atom stereocenters. The number of H-pyrrole nitrogens is 2. The van der Waals surface area contributed by atoms with Crippen LogP contribution in [0.5, 0.6) is 0 Å². The fraction of sp³-hybridized carbons (Fsp3) is 0.200. The lowest BCUT2D eigenvalue weighted by molar-refractivity contribution is 0.220. The first-order valence-corrected chi connectivity index (χ1v) is 13.1. The minimum absolute atomic E-state index is 0.239. The number of nitrogens with one attached hydrogen (secondary N) is 2. The predicted molar refractivity (Wildman–Crippen MR) is 147 cm³/mol. The molecule has 6 aromatic rings. The SMILES string of the molecule is Fc1ccc(-c2nccc3[nH]c(-c4[nH]nc5c(F)cc(-c6cncc(CN7CCCCC7)c6)cc45)nc23)cc1. The standard InChI is InChI=1S/C30H25F2N7/c31-22-6-4-19(5-7-22)26-29-25(8-9-34-26)35-30(36-29)28-23-13-20(14-24(32)27(23)37-38-28)21-12-18(15-33-16-21)17-39-10-2-1-3-11-39/h4-9,12-16H,1-3,10-11,17H2,(H,35,36)(H,37,38). The van der Waals surface area contributed by atoms with Gasteiger partial charge in [-0.25, -0.2) is 13.8 Å². The Balaban J connectivity index is 1.28. The molecular formula is C30H25F2N7. The summed E-state index contributed by atoms with van der Waals surface area (Å²) in [6.07, 6.45) is 9.06. The zero-order valence-corrected chi connectivity index (χ0v) is 21.1. The summed E-state index contributed by atoms with van der Waals surface area (Å²) in [5.41, 5.74) is 6.27. The summed E-state index contributed by atoms with van der Waals surface area (Å²) in [6, 6.07) is 13.5. The van der Waals surface area contributed by atoms with E-state index in [1.165, 1.54) is 37.5 Å². The smallest absolute Gasteiger partial charge is 0.157 e. The van der Waals surface area contributed by atoms with Gasteiger partial charge in [0.2, 0.25) is 0 Å². The van der Waals surface area contributed by atoms with E-state index in [0.717, 1.165) is 47.4 Å². The van der Waals surface area contributed by atoms with Crippen molar-refractivity contribution in [2.45, 2.75) is 25.8 Å². The highest BCUT2D eigenvalue weighted by Gasteiger charge is 2.19. The summed E-state index contributed by atoms with van der Waals surface area (Å²) in [4.78, 5) is 19.5. The number of likely N-dealkylation sites (tertiary alicyclic amines) is 1. The Labute approximate surface area is 223 Å². The number of fused-ring (bicyclic) bond motifs is 2. The Bertz CT molecular complexity index is 1800. The highest BCUT2D eigenvalue weighted by Crippen LogP contribution is 2.34. The fourth-order valence-electron chi connectivity index (χ4n) is 5.40. The van der Waals surface area contributed by atoms with Crippen LogP contribution in [-0.4, -0.2) is 48.1 Å². The third-order valence-corrected chi connectivity index (χ3v) is 7.35. The van der Waals surface area contributed by atoms with Gasteiger partial charge in [-0.1, -0.05) is 6.42 Å². The van der Waals surface area contributed by atoms with Crippen LogP contribution in [0.1, 0.15) is 24.8 Å². The molecule has 1 saturated heterocycles. The highest BCUT2D eigenvalue weighted by molar-refractivity contribution is 5.97. The van der Waals surface area contributed by atoms with E-state index in [1.807, 2.05) is 18.3 Å². The van der Waals surface area contributed by atoms with Gasteiger partial charge in [0.1, 0.15) is 22.5 Å². The van der Waals surface area contributed by atoms with Gasteiger partial charge in [-0.15, -0.1) is 0 Å². The van der Waals surface area contributed by atoms with E-state index in [9.17, 15) is 4.39 Å². The van der Waals surface area contributed by atoms with Gasteiger partial charge in [0, 0.05) is 41.6 Å². The maximum Gasteiger partial charge on any atom is 0.157 e. The Morgan fingerprint density at radius 3 is 2.54 bits per heavy atom. The summed E-state index contributed by atoms with van der Waals surface area (Å²) in [5, 5.41) is 7.82. The molecule has 4 aromatic heterocycles. The van der Waals surface area contributed by atoms with Gasteiger partial charge in [0.15, 0.2) is 11.6 Å². The molecule has 0 amide bonds. The van der Waals surface area contributed by atoms with Crippen LogP contribution in [0.15, 0.2) is 67.1 Å². The monoisotopic (exact) mass is 521 g/mol. The normalized spacial score (nSPS) is 14.4. The van der Waals surface area contributed by atoms with E-state index in [0.29, 0.717) is 28.1 Å². The Kier molecular flexibility index (Phi) is 5.85. The molecule has 39 heavy (non-hydrogen) atoms. The number of aromatic nitrogens is 6. The van der Waals surface area contributed by atoms with Gasteiger partial charge in [0.05, 0.1) is 11.2 Å². The van der Waals surface area contributed by atoms with Crippen molar-refractivity contribution in [2.75, 3.05) is 13.1 Å². The fourth-order valence-corrected chi connectivity index (χ4v) is 5.40. The number of imidazole rings is 1. The number of hydrogen-bond acceptors (Lipinski definition) is 5. The average Bonchev–Trinajstić information content (AvgIpc) is 3.59. The van der Waals surface area contributed by atoms with E-state index in [-0.39, 0.29) is 11.3 Å². The molecule has 194 valence electrons. The second-order valence-electron chi connectivity index (χ2n) is 10.0. The lowest BCUT2D eigenvalue weighted by Crippen LogP contribution is -2.29.